The first-order valence-corrected chi connectivity index (χ1v) is 8.98. The van der Waals surface area contributed by atoms with E-state index in [0.717, 1.165) is 11.1 Å². The molecule has 0 aliphatic rings. The lowest BCUT2D eigenvalue weighted by Gasteiger charge is -2.13. The fourth-order valence-corrected chi connectivity index (χ4v) is 2.93. The Morgan fingerprint density at radius 2 is 1.96 bits per heavy atom. The van der Waals surface area contributed by atoms with Gasteiger partial charge in [0.15, 0.2) is 5.82 Å². The second-order valence-corrected chi connectivity index (χ2v) is 6.71. The highest BCUT2D eigenvalue weighted by atomic mass is 35.5. The Bertz CT molecular complexity index is 838. The Kier molecular flexibility index (Phi) is 5.67. The molecule has 6 nitrogen and oxygen atoms in total. The number of H-pyrrole nitrogens is 1. The van der Waals surface area contributed by atoms with E-state index in [2.05, 4.69) is 25.5 Å². The van der Waals surface area contributed by atoms with Crippen LogP contribution in [0.4, 0.5) is 0 Å². The summed E-state index contributed by atoms with van der Waals surface area (Å²) < 4.78 is 0. The summed E-state index contributed by atoms with van der Waals surface area (Å²) >= 11 is 7.16. The molecular weight excluding hydrogens is 358 g/mol. The molecule has 0 saturated heterocycles. The Hall–Kier alpha value is -2.38. The first kappa shape index (κ1) is 17.4. The molecule has 25 heavy (non-hydrogen) atoms. The van der Waals surface area contributed by atoms with Gasteiger partial charge in [0.25, 0.3) is 0 Å². The smallest absolute Gasteiger partial charge is 0.230 e. The molecule has 0 unspecified atom stereocenters. The topological polar surface area (TPSA) is 83.6 Å². The highest BCUT2D eigenvalue weighted by molar-refractivity contribution is 7.99. The average Bonchev–Trinajstić information content (AvgIpc) is 3.10. The first-order chi connectivity index (χ1) is 12.1. The summed E-state index contributed by atoms with van der Waals surface area (Å²) in [7, 11) is 0. The highest BCUT2D eigenvalue weighted by Crippen LogP contribution is 2.19. The van der Waals surface area contributed by atoms with E-state index in [9.17, 15) is 4.79 Å². The van der Waals surface area contributed by atoms with Gasteiger partial charge in [-0.1, -0.05) is 35.5 Å². The van der Waals surface area contributed by atoms with E-state index in [1.165, 1.54) is 11.8 Å². The van der Waals surface area contributed by atoms with E-state index in [0.29, 0.717) is 16.0 Å². The molecule has 0 radical (unpaired) electrons. The number of carbonyl (C=O) groups excluding carboxylic acids is 1. The number of amides is 1. The van der Waals surface area contributed by atoms with Gasteiger partial charge in [-0.3, -0.25) is 14.9 Å². The van der Waals surface area contributed by atoms with Gasteiger partial charge < -0.3 is 5.32 Å². The zero-order valence-electron chi connectivity index (χ0n) is 13.4. The Morgan fingerprint density at radius 1 is 1.24 bits per heavy atom. The molecular formula is C17H16ClN5OS. The van der Waals surface area contributed by atoms with Crippen LogP contribution in [-0.4, -0.2) is 31.8 Å². The number of carbonyl (C=O) groups is 1. The SMILES string of the molecule is C[C@@H](NC(=O)CSc1n[nH]c(-c2ccncc2)n1)c1ccc(Cl)cc1. The molecule has 1 atom stereocenters. The molecule has 2 N–H and O–H groups in total. The molecule has 128 valence electrons. The molecule has 0 bridgehead atoms. The summed E-state index contributed by atoms with van der Waals surface area (Å²) in [5.74, 6) is 0.813. The number of halogens is 1. The number of aromatic amines is 1. The van der Waals surface area contributed by atoms with Gasteiger partial charge in [-0.05, 0) is 36.8 Å². The predicted molar refractivity (Wildman–Crippen MR) is 98.3 cm³/mol. The standard InChI is InChI=1S/C17H16ClN5OS/c1-11(12-2-4-14(18)5-3-12)20-15(24)10-25-17-21-16(22-23-17)13-6-8-19-9-7-13/h2-9,11H,10H2,1H3,(H,20,24)(H,21,22,23)/t11-/m1/s1. The molecule has 0 saturated carbocycles. The van der Waals surface area contributed by atoms with Crippen molar-refractivity contribution in [3.05, 3.63) is 59.4 Å². The molecule has 1 aromatic carbocycles. The van der Waals surface area contributed by atoms with Gasteiger partial charge in [0.05, 0.1) is 11.8 Å². The van der Waals surface area contributed by atoms with E-state index in [-0.39, 0.29) is 17.7 Å². The number of pyridine rings is 1. The van der Waals surface area contributed by atoms with E-state index in [4.69, 9.17) is 11.6 Å². The Labute approximate surface area is 154 Å². The van der Waals surface area contributed by atoms with Crippen molar-refractivity contribution in [1.82, 2.24) is 25.5 Å². The lowest BCUT2D eigenvalue weighted by Crippen LogP contribution is -2.28. The summed E-state index contributed by atoms with van der Waals surface area (Å²) in [6.45, 7) is 1.93. The zero-order chi connectivity index (χ0) is 17.6. The fraction of sp³-hybridized carbons (Fsp3) is 0.176. The largest absolute Gasteiger partial charge is 0.349 e. The van der Waals surface area contributed by atoms with Gasteiger partial charge in [0.2, 0.25) is 11.1 Å². The van der Waals surface area contributed by atoms with E-state index < -0.39 is 0 Å². The van der Waals surface area contributed by atoms with Crippen LogP contribution in [0, 0.1) is 0 Å². The molecule has 8 heteroatoms. The van der Waals surface area contributed by atoms with Crippen molar-refractivity contribution < 1.29 is 4.79 Å². The second-order valence-electron chi connectivity index (χ2n) is 5.33. The van der Waals surface area contributed by atoms with Gasteiger partial charge in [-0.2, -0.15) is 0 Å². The van der Waals surface area contributed by atoms with E-state index >= 15 is 0 Å². The summed E-state index contributed by atoms with van der Waals surface area (Å²) in [5, 5.41) is 11.1. The average molecular weight is 374 g/mol. The van der Waals surface area contributed by atoms with Crippen molar-refractivity contribution in [2.75, 3.05) is 5.75 Å². The second kappa shape index (κ2) is 8.13. The molecule has 1 amide bonds. The number of hydrogen-bond acceptors (Lipinski definition) is 5. The zero-order valence-corrected chi connectivity index (χ0v) is 15.0. The molecule has 3 rings (SSSR count). The maximum absolute atomic E-state index is 12.1. The number of hydrogen-bond donors (Lipinski definition) is 2. The van der Waals surface area contributed by atoms with Crippen LogP contribution >= 0.6 is 23.4 Å². The van der Waals surface area contributed by atoms with Gasteiger partial charge >= 0.3 is 0 Å². The van der Waals surface area contributed by atoms with Crippen molar-refractivity contribution in [2.45, 2.75) is 18.1 Å². The minimum Gasteiger partial charge on any atom is -0.349 e. The minimum atomic E-state index is -0.0927. The summed E-state index contributed by atoms with van der Waals surface area (Å²) in [6, 6.07) is 11.0. The summed E-state index contributed by atoms with van der Waals surface area (Å²) in [4.78, 5) is 20.5. The molecule has 2 aromatic heterocycles. The lowest BCUT2D eigenvalue weighted by atomic mass is 10.1. The van der Waals surface area contributed by atoms with Crippen molar-refractivity contribution in [3.63, 3.8) is 0 Å². The quantitative estimate of drug-likeness (QED) is 0.646. The number of nitrogens with one attached hydrogen (secondary N) is 2. The number of aromatic nitrogens is 4. The van der Waals surface area contributed by atoms with E-state index in [1.807, 2.05) is 43.3 Å². The van der Waals surface area contributed by atoms with Gasteiger partial charge in [0, 0.05) is 23.0 Å². The van der Waals surface area contributed by atoms with Crippen LogP contribution in [0.5, 0.6) is 0 Å². The predicted octanol–water partition coefficient (Wildman–Crippen LogP) is 3.49. The van der Waals surface area contributed by atoms with Crippen LogP contribution in [0.25, 0.3) is 11.4 Å². The van der Waals surface area contributed by atoms with Crippen LogP contribution in [0.15, 0.2) is 53.9 Å². The van der Waals surface area contributed by atoms with Crippen LogP contribution in [0.3, 0.4) is 0 Å². The third-order valence-corrected chi connectivity index (χ3v) is 4.60. The van der Waals surface area contributed by atoms with E-state index in [1.54, 1.807) is 12.4 Å². The summed E-state index contributed by atoms with van der Waals surface area (Å²) in [6.07, 6.45) is 3.38. The van der Waals surface area contributed by atoms with Gasteiger partial charge in [-0.25, -0.2) is 4.98 Å². The molecule has 3 aromatic rings. The number of rotatable bonds is 6. The molecule has 0 spiro atoms. The normalized spacial score (nSPS) is 11.9. The van der Waals surface area contributed by atoms with Crippen LogP contribution < -0.4 is 5.32 Å². The third kappa shape index (κ3) is 4.80. The number of benzene rings is 1. The fourth-order valence-electron chi connectivity index (χ4n) is 2.20. The van der Waals surface area contributed by atoms with Crippen LogP contribution in [0.1, 0.15) is 18.5 Å². The molecule has 0 aliphatic carbocycles. The van der Waals surface area contributed by atoms with Gasteiger partial charge in [0.1, 0.15) is 0 Å². The van der Waals surface area contributed by atoms with Crippen molar-refractivity contribution in [2.24, 2.45) is 0 Å². The van der Waals surface area contributed by atoms with Crippen LogP contribution in [-0.2, 0) is 4.79 Å². The molecule has 0 fully saturated rings. The highest BCUT2D eigenvalue weighted by Gasteiger charge is 2.12. The lowest BCUT2D eigenvalue weighted by molar-refractivity contribution is -0.119. The minimum absolute atomic E-state index is 0.0808. The number of thioether (sulfide) groups is 1. The summed E-state index contributed by atoms with van der Waals surface area (Å²) in [5.41, 5.74) is 1.90. The molecule has 2 heterocycles. The third-order valence-electron chi connectivity index (χ3n) is 3.50. The van der Waals surface area contributed by atoms with Crippen molar-refractivity contribution in [3.8, 4) is 11.4 Å². The maximum Gasteiger partial charge on any atom is 0.230 e. The monoisotopic (exact) mass is 373 g/mol. The van der Waals surface area contributed by atoms with Gasteiger partial charge in [-0.15, -0.1) is 5.10 Å². The Balaban J connectivity index is 1.52. The number of nitrogens with zero attached hydrogens (tertiary/aromatic N) is 3. The first-order valence-electron chi connectivity index (χ1n) is 7.62. The van der Waals surface area contributed by atoms with Crippen molar-refractivity contribution >= 4 is 29.3 Å². The Morgan fingerprint density at radius 3 is 2.68 bits per heavy atom. The molecule has 0 aliphatic heterocycles. The maximum atomic E-state index is 12.1. The van der Waals surface area contributed by atoms with Crippen LogP contribution in [0.2, 0.25) is 5.02 Å². The van der Waals surface area contributed by atoms with Crippen molar-refractivity contribution in [1.29, 1.82) is 0 Å².